The predicted octanol–water partition coefficient (Wildman–Crippen LogP) is 1.59. The first-order chi connectivity index (χ1) is 11.6. The molecule has 1 aliphatic carbocycles. The number of hydrogen-bond acceptors (Lipinski definition) is 5. The van der Waals surface area contributed by atoms with Gasteiger partial charge in [-0.25, -0.2) is 0 Å². The third-order valence-electron chi connectivity index (χ3n) is 4.76. The van der Waals surface area contributed by atoms with Gasteiger partial charge < -0.3 is 9.47 Å². The van der Waals surface area contributed by atoms with Gasteiger partial charge in [-0.15, -0.1) is 0 Å². The number of ether oxygens (including phenoxy) is 2. The molecule has 2 amide bonds. The van der Waals surface area contributed by atoms with Crippen LogP contribution in [0.15, 0.2) is 30.4 Å². The summed E-state index contributed by atoms with van der Waals surface area (Å²) < 4.78 is 10.9. The van der Waals surface area contributed by atoms with E-state index in [0.29, 0.717) is 43.1 Å². The van der Waals surface area contributed by atoms with Crippen molar-refractivity contribution < 1.29 is 23.9 Å². The molecule has 4 rings (SSSR count). The normalized spacial score (nSPS) is 24.9. The monoisotopic (exact) mass is 327 g/mol. The van der Waals surface area contributed by atoms with E-state index < -0.39 is 0 Å². The summed E-state index contributed by atoms with van der Waals surface area (Å²) in [5.41, 5.74) is 0.410. The van der Waals surface area contributed by atoms with Crippen molar-refractivity contribution in [3.63, 3.8) is 0 Å². The Morgan fingerprint density at radius 3 is 2.29 bits per heavy atom. The molecule has 0 bridgehead atoms. The minimum atomic E-state index is -0.310. The van der Waals surface area contributed by atoms with Crippen molar-refractivity contribution in [1.29, 1.82) is 0 Å². The minimum absolute atomic E-state index is 0.218. The number of allylic oxidation sites excluding steroid dienone is 2. The van der Waals surface area contributed by atoms with Gasteiger partial charge in [0.05, 0.1) is 18.4 Å². The number of Topliss-reactive ketones (excluding diaryl/α,β-unsaturated/α-hetero) is 1. The number of nitrogens with zero attached hydrogens (tertiary/aromatic N) is 1. The van der Waals surface area contributed by atoms with E-state index in [-0.39, 0.29) is 36.0 Å². The molecule has 2 aliphatic heterocycles. The van der Waals surface area contributed by atoms with E-state index in [1.165, 1.54) is 0 Å². The van der Waals surface area contributed by atoms with Gasteiger partial charge in [-0.05, 0) is 31.0 Å². The Kier molecular flexibility index (Phi) is 3.59. The average molecular weight is 327 g/mol. The molecule has 6 nitrogen and oxygen atoms in total. The molecule has 6 heteroatoms. The van der Waals surface area contributed by atoms with Crippen LogP contribution in [0, 0.1) is 11.8 Å². The molecule has 0 saturated carbocycles. The Bertz CT molecular complexity index is 728. The summed E-state index contributed by atoms with van der Waals surface area (Å²) in [6.07, 6.45) is 5.00. The van der Waals surface area contributed by atoms with E-state index in [2.05, 4.69) is 0 Å². The van der Waals surface area contributed by atoms with Crippen LogP contribution in [-0.4, -0.2) is 42.3 Å². The molecule has 1 aromatic carbocycles. The van der Waals surface area contributed by atoms with Crippen LogP contribution in [0.5, 0.6) is 11.5 Å². The number of fused-ring (bicyclic) bond motifs is 2. The molecule has 0 spiro atoms. The summed E-state index contributed by atoms with van der Waals surface area (Å²) in [4.78, 5) is 38.5. The van der Waals surface area contributed by atoms with E-state index in [1.807, 2.05) is 12.2 Å². The fourth-order valence-electron chi connectivity index (χ4n) is 3.48. The van der Waals surface area contributed by atoms with Crippen molar-refractivity contribution in [2.75, 3.05) is 19.8 Å². The number of hydrogen-bond donors (Lipinski definition) is 0. The van der Waals surface area contributed by atoms with Gasteiger partial charge >= 0.3 is 0 Å². The van der Waals surface area contributed by atoms with E-state index in [0.717, 1.165) is 4.90 Å². The smallest absolute Gasteiger partial charge is 0.233 e. The first kappa shape index (κ1) is 14.9. The zero-order chi connectivity index (χ0) is 16.7. The first-order valence-corrected chi connectivity index (χ1v) is 8.08. The van der Waals surface area contributed by atoms with Crippen LogP contribution in [0.2, 0.25) is 0 Å². The molecule has 3 aliphatic rings. The maximum atomic E-state index is 12.5. The zero-order valence-electron chi connectivity index (χ0n) is 13.1. The van der Waals surface area contributed by atoms with E-state index in [1.54, 1.807) is 18.2 Å². The third kappa shape index (κ3) is 2.38. The summed E-state index contributed by atoms with van der Waals surface area (Å²) in [5, 5.41) is 0. The molecule has 2 heterocycles. The summed E-state index contributed by atoms with van der Waals surface area (Å²) in [7, 11) is 0. The molecule has 0 unspecified atom stereocenters. The number of amides is 2. The maximum Gasteiger partial charge on any atom is 0.233 e. The molecule has 124 valence electrons. The highest BCUT2D eigenvalue weighted by atomic mass is 16.6. The Labute approximate surface area is 139 Å². The molecule has 1 saturated heterocycles. The summed E-state index contributed by atoms with van der Waals surface area (Å²) >= 11 is 0. The van der Waals surface area contributed by atoms with Gasteiger partial charge in [-0.3, -0.25) is 19.3 Å². The van der Waals surface area contributed by atoms with Crippen LogP contribution in [0.1, 0.15) is 23.2 Å². The third-order valence-corrected chi connectivity index (χ3v) is 4.76. The zero-order valence-corrected chi connectivity index (χ0v) is 13.1. The Hall–Kier alpha value is -2.63. The lowest BCUT2D eigenvalue weighted by molar-refractivity contribution is -0.139. The Morgan fingerprint density at radius 2 is 1.62 bits per heavy atom. The van der Waals surface area contributed by atoms with Crippen molar-refractivity contribution >= 4 is 17.6 Å². The number of ketones is 1. The standard InChI is InChI=1S/C18H17NO5/c20-14(11-5-6-15-16(9-11)24-8-7-23-15)10-19-17(21)12-3-1-2-4-13(12)18(19)22/h1-2,5-6,9,12-13H,3-4,7-8,10H2/t12-,13-/m0/s1. The van der Waals surface area contributed by atoms with E-state index in [4.69, 9.17) is 9.47 Å². The minimum Gasteiger partial charge on any atom is -0.486 e. The van der Waals surface area contributed by atoms with Gasteiger partial charge in [-0.2, -0.15) is 0 Å². The fraction of sp³-hybridized carbons (Fsp3) is 0.389. The van der Waals surface area contributed by atoms with Gasteiger partial charge in [-0.1, -0.05) is 12.2 Å². The van der Waals surface area contributed by atoms with Gasteiger partial charge in [0.25, 0.3) is 0 Å². The van der Waals surface area contributed by atoms with Crippen LogP contribution >= 0.6 is 0 Å². The van der Waals surface area contributed by atoms with E-state index >= 15 is 0 Å². The second-order valence-corrected chi connectivity index (χ2v) is 6.20. The molecular formula is C18H17NO5. The molecule has 1 fully saturated rings. The van der Waals surface area contributed by atoms with Crippen molar-refractivity contribution in [2.24, 2.45) is 11.8 Å². The van der Waals surface area contributed by atoms with Crippen molar-refractivity contribution in [3.05, 3.63) is 35.9 Å². The van der Waals surface area contributed by atoms with Gasteiger partial charge in [0, 0.05) is 5.56 Å². The lowest BCUT2D eigenvalue weighted by Crippen LogP contribution is -2.36. The first-order valence-electron chi connectivity index (χ1n) is 8.08. The topological polar surface area (TPSA) is 72.9 Å². The number of rotatable bonds is 3. The number of carbonyl (C=O) groups excluding carboxylic acids is 3. The van der Waals surface area contributed by atoms with Crippen LogP contribution in [-0.2, 0) is 9.59 Å². The summed E-state index contributed by atoms with van der Waals surface area (Å²) in [6, 6.07) is 4.92. The maximum absolute atomic E-state index is 12.5. The van der Waals surface area contributed by atoms with Crippen LogP contribution in [0.3, 0.4) is 0 Å². The molecule has 2 atom stereocenters. The second-order valence-electron chi connectivity index (χ2n) is 6.20. The Morgan fingerprint density at radius 1 is 1.00 bits per heavy atom. The van der Waals surface area contributed by atoms with Crippen molar-refractivity contribution in [3.8, 4) is 11.5 Å². The lowest BCUT2D eigenvalue weighted by Gasteiger charge is -2.19. The lowest BCUT2D eigenvalue weighted by atomic mass is 9.85. The second kappa shape index (κ2) is 5.78. The molecule has 0 N–H and O–H groups in total. The predicted molar refractivity (Wildman–Crippen MR) is 83.8 cm³/mol. The SMILES string of the molecule is O=C(CN1C(=O)[C@H]2CC=CC[C@@H]2C1=O)c1ccc2c(c1)OCCO2. The fourth-order valence-corrected chi connectivity index (χ4v) is 3.48. The largest absolute Gasteiger partial charge is 0.486 e. The highest BCUT2D eigenvalue weighted by molar-refractivity contribution is 6.10. The molecular weight excluding hydrogens is 310 g/mol. The van der Waals surface area contributed by atoms with Crippen molar-refractivity contribution in [1.82, 2.24) is 4.90 Å². The van der Waals surface area contributed by atoms with Gasteiger partial charge in [0.1, 0.15) is 13.2 Å². The van der Waals surface area contributed by atoms with Crippen LogP contribution in [0.25, 0.3) is 0 Å². The highest BCUT2D eigenvalue weighted by Crippen LogP contribution is 2.35. The van der Waals surface area contributed by atoms with Gasteiger partial charge in [0.2, 0.25) is 11.8 Å². The molecule has 0 radical (unpaired) electrons. The number of imide groups is 1. The van der Waals surface area contributed by atoms with E-state index in [9.17, 15) is 14.4 Å². The van der Waals surface area contributed by atoms with Gasteiger partial charge in [0.15, 0.2) is 17.3 Å². The summed E-state index contributed by atoms with van der Waals surface area (Å²) in [6.45, 7) is 0.697. The average Bonchev–Trinajstić information content (AvgIpc) is 2.86. The van der Waals surface area contributed by atoms with Crippen LogP contribution < -0.4 is 9.47 Å². The van der Waals surface area contributed by atoms with Crippen LogP contribution in [0.4, 0.5) is 0 Å². The number of likely N-dealkylation sites (tertiary alicyclic amines) is 1. The quantitative estimate of drug-likeness (QED) is 0.479. The number of carbonyl (C=O) groups is 3. The van der Waals surface area contributed by atoms with Crippen molar-refractivity contribution in [2.45, 2.75) is 12.8 Å². The number of benzene rings is 1. The Balaban J connectivity index is 1.52. The molecule has 24 heavy (non-hydrogen) atoms. The highest BCUT2D eigenvalue weighted by Gasteiger charge is 2.47. The molecule has 1 aromatic rings. The summed E-state index contributed by atoms with van der Waals surface area (Å²) in [5.74, 6) is -0.251. The molecule has 0 aromatic heterocycles.